The average Bonchev–Trinajstić information content (AvgIpc) is 2.54. The summed E-state index contributed by atoms with van der Waals surface area (Å²) in [6.45, 7) is 3.80. The molecule has 1 heterocycles. The van der Waals surface area contributed by atoms with E-state index in [-0.39, 0.29) is 17.2 Å². The molecule has 8 heteroatoms. The minimum absolute atomic E-state index is 0.0235. The number of hydrogen-bond acceptors (Lipinski definition) is 5. The Morgan fingerprint density at radius 3 is 2.62 bits per heavy atom. The third-order valence-corrected chi connectivity index (χ3v) is 4.18. The summed E-state index contributed by atoms with van der Waals surface area (Å²) in [5, 5.41) is 2.56. The smallest absolute Gasteiger partial charge is 0.265 e. The van der Waals surface area contributed by atoms with Crippen LogP contribution in [0.1, 0.15) is 5.56 Å². The van der Waals surface area contributed by atoms with E-state index in [4.69, 9.17) is 21.7 Å². The predicted octanol–water partition coefficient (Wildman–Crippen LogP) is 2.28. The molecule has 2 rings (SSSR count). The number of halogens is 1. The largest absolute Gasteiger partial charge is 0.493 e. The number of benzene rings is 1. The Kier molecular flexibility index (Phi) is 5.74. The van der Waals surface area contributed by atoms with Crippen molar-refractivity contribution in [3.63, 3.8) is 0 Å². The van der Waals surface area contributed by atoms with Crippen molar-refractivity contribution >= 4 is 51.2 Å². The van der Waals surface area contributed by atoms with Crippen molar-refractivity contribution in [3.05, 3.63) is 40.4 Å². The van der Waals surface area contributed by atoms with Crippen LogP contribution in [-0.2, 0) is 9.59 Å². The van der Waals surface area contributed by atoms with E-state index in [1.807, 2.05) is 0 Å². The van der Waals surface area contributed by atoms with Crippen LogP contribution in [0.25, 0.3) is 6.08 Å². The van der Waals surface area contributed by atoms with Crippen LogP contribution in [0.4, 0.5) is 0 Å². The highest BCUT2D eigenvalue weighted by atomic mass is 79.9. The Bertz CT molecular complexity index is 761. The third kappa shape index (κ3) is 3.49. The van der Waals surface area contributed by atoms with E-state index in [1.165, 1.54) is 31.3 Å². The van der Waals surface area contributed by atoms with Gasteiger partial charge in [0, 0.05) is 6.54 Å². The van der Waals surface area contributed by atoms with Crippen LogP contribution in [0.2, 0.25) is 0 Å². The maximum atomic E-state index is 12.5. The highest BCUT2D eigenvalue weighted by molar-refractivity contribution is 9.10. The molecule has 1 N–H and O–H groups in total. The summed E-state index contributed by atoms with van der Waals surface area (Å²) >= 11 is 8.39. The molecule has 0 unspecified atom stereocenters. The number of rotatable bonds is 5. The minimum atomic E-state index is -0.545. The van der Waals surface area contributed by atoms with Gasteiger partial charge in [-0.3, -0.25) is 19.8 Å². The van der Waals surface area contributed by atoms with E-state index in [0.29, 0.717) is 21.5 Å². The first kappa shape index (κ1) is 18.2. The van der Waals surface area contributed by atoms with Crippen LogP contribution in [0.15, 0.2) is 34.8 Å². The molecule has 6 nitrogen and oxygen atoms in total. The lowest BCUT2D eigenvalue weighted by Gasteiger charge is -2.27. The zero-order valence-electron chi connectivity index (χ0n) is 13.1. The molecule has 1 aromatic rings. The molecule has 0 bridgehead atoms. The van der Waals surface area contributed by atoms with Gasteiger partial charge >= 0.3 is 0 Å². The van der Waals surface area contributed by atoms with Crippen LogP contribution >= 0.6 is 28.1 Å². The Labute approximate surface area is 153 Å². The summed E-state index contributed by atoms with van der Waals surface area (Å²) in [6.07, 6.45) is 3.01. The van der Waals surface area contributed by atoms with Gasteiger partial charge in [0.1, 0.15) is 5.57 Å². The summed E-state index contributed by atoms with van der Waals surface area (Å²) in [6, 6.07) is 3.39. The van der Waals surface area contributed by atoms with Crippen molar-refractivity contribution in [2.45, 2.75) is 0 Å². The van der Waals surface area contributed by atoms with Crippen LogP contribution in [0.5, 0.6) is 11.5 Å². The van der Waals surface area contributed by atoms with E-state index in [1.54, 1.807) is 12.1 Å². The Morgan fingerprint density at radius 2 is 2.04 bits per heavy atom. The fourth-order valence-electron chi connectivity index (χ4n) is 2.18. The number of nitrogens with one attached hydrogen (secondary N) is 1. The molecule has 1 aliphatic rings. The molecule has 1 aromatic carbocycles. The number of amides is 2. The third-order valence-electron chi connectivity index (χ3n) is 3.26. The molecule has 0 aliphatic carbocycles. The summed E-state index contributed by atoms with van der Waals surface area (Å²) in [7, 11) is 3.02. The maximum Gasteiger partial charge on any atom is 0.265 e. The molecule has 0 saturated carbocycles. The van der Waals surface area contributed by atoms with E-state index in [9.17, 15) is 9.59 Å². The predicted molar refractivity (Wildman–Crippen MR) is 97.9 cm³/mol. The summed E-state index contributed by atoms with van der Waals surface area (Å²) in [5.74, 6) is -0.0276. The first-order valence-corrected chi connectivity index (χ1v) is 8.04. The Hall–Kier alpha value is -2.19. The number of methoxy groups -OCH3 is 2. The van der Waals surface area contributed by atoms with Crippen LogP contribution in [0, 0.1) is 0 Å². The van der Waals surface area contributed by atoms with E-state index in [0.717, 1.165) is 0 Å². The van der Waals surface area contributed by atoms with E-state index in [2.05, 4.69) is 27.8 Å². The topological polar surface area (TPSA) is 67.9 Å². The SMILES string of the molecule is C=CCN1C(=O)/C(=C\c2cc(Br)c(OC)c(OC)c2)C(=O)NC1=S. The molecule has 0 aromatic heterocycles. The van der Waals surface area contributed by atoms with E-state index < -0.39 is 11.8 Å². The Morgan fingerprint density at radius 1 is 1.33 bits per heavy atom. The zero-order valence-corrected chi connectivity index (χ0v) is 15.5. The van der Waals surface area contributed by atoms with Crippen molar-refractivity contribution in [2.24, 2.45) is 0 Å². The second-order valence-corrected chi connectivity index (χ2v) is 6.00. The number of carbonyl (C=O) groups excluding carboxylic acids is 2. The van der Waals surface area contributed by atoms with Gasteiger partial charge in [0.05, 0.1) is 18.7 Å². The summed E-state index contributed by atoms with van der Waals surface area (Å²) in [4.78, 5) is 25.9. The minimum Gasteiger partial charge on any atom is -0.493 e. The van der Waals surface area contributed by atoms with Crippen molar-refractivity contribution in [1.82, 2.24) is 10.2 Å². The van der Waals surface area contributed by atoms with Crippen LogP contribution in [-0.4, -0.2) is 42.6 Å². The van der Waals surface area contributed by atoms with Gasteiger partial charge in [-0.25, -0.2) is 0 Å². The summed E-state index contributed by atoms with van der Waals surface area (Å²) in [5.41, 5.74) is 0.578. The first-order valence-electron chi connectivity index (χ1n) is 6.84. The molecule has 1 saturated heterocycles. The lowest BCUT2D eigenvalue weighted by atomic mass is 10.1. The van der Waals surface area contributed by atoms with Crippen LogP contribution < -0.4 is 14.8 Å². The van der Waals surface area contributed by atoms with Crippen molar-refractivity contribution in [1.29, 1.82) is 0 Å². The van der Waals surface area contributed by atoms with Gasteiger partial charge in [-0.05, 0) is 51.9 Å². The quantitative estimate of drug-likeness (QED) is 0.349. The number of ether oxygens (including phenoxy) is 2. The van der Waals surface area contributed by atoms with Crippen molar-refractivity contribution in [2.75, 3.05) is 20.8 Å². The monoisotopic (exact) mass is 410 g/mol. The molecule has 0 radical (unpaired) electrons. The summed E-state index contributed by atoms with van der Waals surface area (Å²) < 4.78 is 11.1. The number of hydrogen-bond donors (Lipinski definition) is 1. The maximum absolute atomic E-state index is 12.5. The lowest BCUT2D eigenvalue weighted by Crippen LogP contribution is -2.53. The van der Waals surface area contributed by atoms with Gasteiger partial charge in [0.2, 0.25) is 0 Å². The molecular weight excluding hydrogens is 396 g/mol. The van der Waals surface area contributed by atoms with Gasteiger partial charge in [-0.1, -0.05) is 6.08 Å². The highest BCUT2D eigenvalue weighted by Gasteiger charge is 2.32. The van der Waals surface area contributed by atoms with Gasteiger partial charge < -0.3 is 9.47 Å². The van der Waals surface area contributed by atoms with Crippen molar-refractivity contribution < 1.29 is 19.1 Å². The zero-order chi connectivity index (χ0) is 17.9. The average molecular weight is 411 g/mol. The molecular formula is C16H15BrN2O4S. The van der Waals surface area contributed by atoms with Gasteiger partial charge in [-0.15, -0.1) is 6.58 Å². The van der Waals surface area contributed by atoms with E-state index >= 15 is 0 Å². The second kappa shape index (κ2) is 7.59. The fourth-order valence-corrected chi connectivity index (χ4v) is 3.05. The highest BCUT2D eigenvalue weighted by Crippen LogP contribution is 2.37. The fraction of sp³-hybridized carbons (Fsp3) is 0.188. The van der Waals surface area contributed by atoms with Gasteiger partial charge in [0.25, 0.3) is 11.8 Å². The van der Waals surface area contributed by atoms with Crippen molar-refractivity contribution in [3.8, 4) is 11.5 Å². The number of nitrogens with zero attached hydrogens (tertiary/aromatic N) is 1. The lowest BCUT2D eigenvalue weighted by molar-refractivity contribution is -0.128. The first-order chi connectivity index (χ1) is 11.4. The molecule has 1 aliphatic heterocycles. The van der Waals surface area contributed by atoms with Crippen LogP contribution in [0.3, 0.4) is 0 Å². The second-order valence-electron chi connectivity index (χ2n) is 4.76. The Balaban J connectivity index is 2.47. The normalized spacial score (nSPS) is 16.2. The van der Waals surface area contributed by atoms with Gasteiger partial charge in [0.15, 0.2) is 16.6 Å². The molecule has 24 heavy (non-hydrogen) atoms. The molecule has 126 valence electrons. The number of carbonyl (C=O) groups is 2. The molecule has 2 amide bonds. The molecule has 1 fully saturated rings. The van der Waals surface area contributed by atoms with Gasteiger partial charge in [-0.2, -0.15) is 0 Å². The standard InChI is InChI=1S/C16H15BrN2O4S/c1-4-5-19-15(21)10(14(20)18-16(19)24)6-9-7-11(17)13(23-3)12(8-9)22-2/h4,6-8H,1,5H2,2-3H3,(H,18,20,24)/b10-6-. The number of thiocarbonyl (C=S) groups is 1. The molecule has 0 spiro atoms. The molecule has 0 atom stereocenters.